The summed E-state index contributed by atoms with van der Waals surface area (Å²) in [5, 5.41) is 17.4. The molecule has 4 bridgehead atoms. The van der Waals surface area contributed by atoms with Crippen molar-refractivity contribution in [3.8, 4) is 17.5 Å². The highest BCUT2D eigenvalue weighted by Crippen LogP contribution is 2.46. The predicted octanol–water partition coefficient (Wildman–Crippen LogP) is 7.31. The first-order valence-corrected chi connectivity index (χ1v) is 12.9. The molecule has 3 heterocycles. The van der Waals surface area contributed by atoms with Crippen LogP contribution in [0, 0.1) is 0 Å². The van der Waals surface area contributed by atoms with Crippen LogP contribution in [0.15, 0.2) is 10.5 Å². The van der Waals surface area contributed by atoms with Crippen molar-refractivity contribution >= 4 is 17.9 Å². The zero-order valence-electron chi connectivity index (χ0n) is 30.4. The predicted molar refractivity (Wildman–Crippen MR) is 141 cm³/mol. The molecule has 1 aliphatic rings. The van der Waals surface area contributed by atoms with Crippen LogP contribution in [0.5, 0.6) is 5.88 Å². The van der Waals surface area contributed by atoms with Crippen molar-refractivity contribution in [3.05, 3.63) is 17.5 Å². The molecular weight excluding hydrogens is 606 g/mol. The first-order chi connectivity index (χ1) is 22.2. The van der Waals surface area contributed by atoms with E-state index in [9.17, 15) is 41.0 Å². The molecule has 11 nitrogen and oxygen atoms in total. The number of rotatable bonds is 1. The number of anilines is 1. The molecule has 44 heavy (non-hydrogen) atoms. The molecule has 2 aromatic rings. The van der Waals surface area contributed by atoms with Crippen molar-refractivity contribution < 1.29 is 67.9 Å². The van der Waals surface area contributed by atoms with Gasteiger partial charge in [0.2, 0.25) is 11.5 Å². The van der Waals surface area contributed by atoms with E-state index in [4.69, 9.17) is 26.9 Å². The lowest BCUT2D eigenvalue weighted by molar-refractivity contribution is -0.277. The molecule has 0 unspecified atom stereocenters. The van der Waals surface area contributed by atoms with Crippen LogP contribution in [-0.2, 0) is 21.3 Å². The number of fused-ring (bicyclic) bond motifs is 5. The third-order valence-electron chi connectivity index (χ3n) is 5.57. The summed E-state index contributed by atoms with van der Waals surface area (Å²) in [5.74, 6) is -4.64. The van der Waals surface area contributed by atoms with Crippen molar-refractivity contribution in [1.29, 1.82) is 0 Å². The monoisotopic (exact) mass is 646 g/mol. The normalized spacial score (nSPS) is 25.4. The summed E-state index contributed by atoms with van der Waals surface area (Å²) in [7, 11) is 0. The van der Waals surface area contributed by atoms with E-state index < -0.39 is 121 Å². The van der Waals surface area contributed by atoms with Gasteiger partial charge in [-0.3, -0.25) is 0 Å². The zero-order chi connectivity index (χ0) is 38.7. The maximum atomic E-state index is 14.7. The maximum Gasteiger partial charge on any atom is 0.426 e. The lowest BCUT2D eigenvalue weighted by Gasteiger charge is -2.30. The molecule has 0 saturated heterocycles. The Hall–Kier alpha value is -3.63. The van der Waals surface area contributed by atoms with Crippen molar-refractivity contribution in [2.24, 2.45) is 0 Å². The second-order valence-corrected chi connectivity index (χ2v) is 11.6. The highest BCUT2D eigenvalue weighted by atomic mass is 19.4. The summed E-state index contributed by atoms with van der Waals surface area (Å²) in [6.45, 7) is 4.03. The van der Waals surface area contributed by atoms with E-state index in [1.54, 1.807) is 0 Å². The Labute approximate surface area is 257 Å². The van der Waals surface area contributed by atoms with Crippen LogP contribution >= 0.6 is 0 Å². The highest BCUT2D eigenvalue weighted by Gasteiger charge is 2.58. The van der Waals surface area contributed by atoms with E-state index in [0.717, 1.165) is 0 Å². The van der Waals surface area contributed by atoms with E-state index in [1.807, 2.05) is 0 Å². The summed E-state index contributed by atoms with van der Waals surface area (Å²) in [4.78, 5) is 30.3. The number of carbonyl (C=O) groups is 2. The third-order valence-corrected chi connectivity index (χ3v) is 5.57. The summed E-state index contributed by atoms with van der Waals surface area (Å²) in [6.07, 6.45) is -25.6. The maximum absolute atomic E-state index is 14.7. The Morgan fingerprint density at radius 3 is 2.14 bits per heavy atom. The molecule has 1 aliphatic heterocycles. The van der Waals surface area contributed by atoms with Crippen molar-refractivity contribution in [1.82, 2.24) is 15.2 Å². The third kappa shape index (κ3) is 8.09. The summed E-state index contributed by atoms with van der Waals surface area (Å²) < 4.78 is 156. The van der Waals surface area contributed by atoms with Gasteiger partial charge in [0.1, 0.15) is 16.8 Å². The summed E-state index contributed by atoms with van der Waals surface area (Å²) in [6, 6.07) is -0.0350. The second-order valence-electron chi connectivity index (χ2n) is 11.6. The molecule has 0 spiro atoms. The van der Waals surface area contributed by atoms with Gasteiger partial charge in [-0.15, -0.1) is 10.2 Å². The second kappa shape index (κ2) is 12.0. The Morgan fingerprint density at radius 2 is 1.64 bits per heavy atom. The summed E-state index contributed by atoms with van der Waals surface area (Å²) >= 11 is 0. The van der Waals surface area contributed by atoms with Gasteiger partial charge in [-0.2, -0.15) is 31.2 Å². The topological polar surface area (TPSA) is 137 Å². The highest BCUT2D eigenvalue weighted by molar-refractivity contribution is 6.11. The number of hydrogen-bond donors (Lipinski definition) is 1. The van der Waals surface area contributed by atoms with Crippen LogP contribution in [0.25, 0.3) is 11.6 Å². The number of hydrogen-bond acceptors (Lipinski definition) is 10. The molecule has 2 amide bonds. The van der Waals surface area contributed by atoms with Crippen LogP contribution in [0.2, 0.25) is 0 Å². The molecule has 0 radical (unpaired) electrons. The van der Waals surface area contributed by atoms with Gasteiger partial charge in [-0.05, 0) is 80.1 Å². The molecule has 2 aromatic heterocycles. The Kier molecular flexibility index (Phi) is 7.32. The van der Waals surface area contributed by atoms with Gasteiger partial charge < -0.3 is 23.7 Å². The van der Waals surface area contributed by atoms with Gasteiger partial charge in [0.05, 0.1) is 13.1 Å². The molecule has 0 aliphatic carbocycles. The van der Waals surface area contributed by atoms with Crippen molar-refractivity contribution in [2.45, 2.75) is 116 Å². The minimum absolute atomic E-state index is 0.0350. The van der Waals surface area contributed by atoms with Gasteiger partial charge in [0, 0.05) is 6.85 Å². The SMILES string of the molecule is [2H]C([2H])([2H])[C@@]1([2H])Oc2nc(c(N(C(=O)OC(C)(C)C)C(=O)OC(C)(C)C)cc2C(F)(F)F)-c2nnc(o2)[C@@](O)(C(F)(F)F)CCCCC1([2H])[2H]. The van der Waals surface area contributed by atoms with E-state index in [-0.39, 0.29) is 11.0 Å². The molecule has 2 atom stereocenters. The molecule has 0 saturated carbocycles. The molecule has 246 valence electrons. The van der Waals surface area contributed by atoms with E-state index >= 15 is 0 Å². The van der Waals surface area contributed by atoms with Crippen molar-refractivity contribution in [3.63, 3.8) is 0 Å². The zero-order valence-corrected chi connectivity index (χ0v) is 24.4. The Bertz CT molecular complexity index is 1580. The standard InChI is InChI=1S/C27H34F6N4O7/c1-14-11-9-8-10-12-25(40,27(31,32)33)20-36-35-19(42-20)17-16(13-15(26(28,29)30)18(34-17)41-14)37(21(38)43-23(2,3)4)22(39)44-24(5,6)7/h13-14,40H,8-12H2,1-7H3/t14-,25-/m1/s1/i1D3,11D2,14D. The molecule has 1 N–H and O–H groups in total. The smallest absolute Gasteiger partial charge is 0.426 e. The number of pyridine rings is 1. The number of halogens is 6. The molecule has 0 fully saturated rings. The molecule has 0 aromatic carbocycles. The van der Waals surface area contributed by atoms with Crippen LogP contribution in [0.1, 0.15) is 100 Å². The number of nitrogens with zero attached hydrogens (tertiary/aromatic N) is 4. The van der Waals surface area contributed by atoms with E-state index in [2.05, 4.69) is 15.2 Å². The van der Waals surface area contributed by atoms with Crippen molar-refractivity contribution in [2.75, 3.05) is 4.90 Å². The minimum atomic E-state index is -5.62. The molecule has 17 heteroatoms. The number of aromatic nitrogens is 3. The van der Waals surface area contributed by atoms with E-state index in [0.29, 0.717) is 0 Å². The fourth-order valence-corrected chi connectivity index (χ4v) is 3.68. The quantitative estimate of drug-likeness (QED) is 0.314. The fraction of sp³-hybridized carbons (Fsp3) is 0.667. The number of imide groups is 1. The average Bonchev–Trinajstić information content (AvgIpc) is 3.37. The number of ether oxygens (including phenoxy) is 3. The van der Waals surface area contributed by atoms with Gasteiger partial charge in [-0.1, -0.05) is 6.42 Å². The molecule has 3 rings (SSSR count). The Morgan fingerprint density at radius 1 is 1.05 bits per heavy atom. The number of carbonyl (C=O) groups excluding carboxylic acids is 2. The fourth-order valence-electron chi connectivity index (χ4n) is 3.68. The number of amides is 2. The first kappa shape index (κ1) is 26.7. The number of alkyl halides is 6. The van der Waals surface area contributed by atoms with Crippen LogP contribution in [0.3, 0.4) is 0 Å². The molecular formula is C27H34F6N4O7. The minimum Gasteiger partial charge on any atom is -0.474 e. The first-order valence-electron chi connectivity index (χ1n) is 15.9. The summed E-state index contributed by atoms with van der Waals surface area (Å²) in [5.41, 5.74) is -11.4. The van der Waals surface area contributed by atoms with Crippen LogP contribution < -0.4 is 9.64 Å². The largest absolute Gasteiger partial charge is 0.474 e. The lowest BCUT2D eigenvalue weighted by Crippen LogP contribution is -2.44. The Balaban J connectivity index is 2.58. The van der Waals surface area contributed by atoms with Gasteiger partial charge in [-0.25, -0.2) is 14.6 Å². The van der Waals surface area contributed by atoms with Gasteiger partial charge in [0.15, 0.2) is 5.69 Å². The van der Waals surface area contributed by atoms with Crippen LogP contribution in [-0.4, -0.2) is 55.9 Å². The van der Waals surface area contributed by atoms with E-state index in [1.165, 1.54) is 41.5 Å². The average molecular weight is 647 g/mol. The number of aliphatic hydroxyl groups is 1. The lowest BCUT2D eigenvalue weighted by atomic mass is 9.94. The van der Waals surface area contributed by atoms with Gasteiger partial charge in [0.25, 0.3) is 11.8 Å². The van der Waals surface area contributed by atoms with Gasteiger partial charge >= 0.3 is 24.5 Å². The van der Waals surface area contributed by atoms with Crippen LogP contribution in [0.4, 0.5) is 41.6 Å².